The number of aromatic nitrogens is 2. The second-order valence-electron chi connectivity index (χ2n) is 6.84. The lowest BCUT2D eigenvalue weighted by molar-refractivity contribution is -0.194. The van der Waals surface area contributed by atoms with E-state index in [0.717, 1.165) is 0 Å². The monoisotopic (exact) mass is 518 g/mol. The number of halogens is 11. The SMILES string of the molecule is Cc1cc(F)c(C(F)(F)Oc2cnc(C(F)(F)Oc3cc(F)c(C(F)(F)F)c(F)c3)nc2)c(F)c1. The molecular formula is C20H9F11N2O2. The van der Waals surface area contributed by atoms with Gasteiger partial charge in [-0.25, -0.2) is 27.5 Å². The fraction of sp³-hybridized carbons (Fsp3) is 0.200. The molecule has 0 aliphatic heterocycles. The molecule has 1 heterocycles. The molecule has 3 rings (SSSR count). The molecule has 0 atom stereocenters. The van der Waals surface area contributed by atoms with Crippen molar-refractivity contribution in [3.63, 3.8) is 0 Å². The summed E-state index contributed by atoms with van der Waals surface area (Å²) in [5, 5.41) is 0. The molecule has 0 fully saturated rings. The van der Waals surface area contributed by atoms with E-state index in [9.17, 15) is 48.3 Å². The second kappa shape index (κ2) is 8.85. The Morgan fingerprint density at radius 2 is 1.03 bits per heavy atom. The largest absolute Gasteiger partial charge is 0.462 e. The van der Waals surface area contributed by atoms with Gasteiger partial charge in [0.1, 0.15) is 40.1 Å². The van der Waals surface area contributed by atoms with Crippen LogP contribution < -0.4 is 9.47 Å². The smallest absolute Gasteiger partial charge is 0.426 e. The Bertz CT molecular complexity index is 1200. The van der Waals surface area contributed by atoms with Crippen molar-refractivity contribution in [2.45, 2.75) is 25.3 Å². The van der Waals surface area contributed by atoms with Gasteiger partial charge in [0.15, 0.2) is 5.75 Å². The third-order valence-corrected chi connectivity index (χ3v) is 4.16. The van der Waals surface area contributed by atoms with Gasteiger partial charge in [0, 0.05) is 12.1 Å². The first-order valence-corrected chi connectivity index (χ1v) is 9.00. The predicted molar refractivity (Wildman–Crippen MR) is 93.5 cm³/mol. The summed E-state index contributed by atoms with van der Waals surface area (Å²) in [6, 6.07) is 0.866. The average Bonchev–Trinajstić information content (AvgIpc) is 2.64. The second-order valence-corrected chi connectivity index (χ2v) is 6.84. The number of hydrogen-bond donors (Lipinski definition) is 0. The van der Waals surface area contributed by atoms with Gasteiger partial charge in [0.2, 0.25) is 5.82 Å². The third kappa shape index (κ3) is 5.54. The fourth-order valence-electron chi connectivity index (χ4n) is 2.77. The first-order valence-electron chi connectivity index (χ1n) is 9.00. The molecule has 0 N–H and O–H groups in total. The van der Waals surface area contributed by atoms with E-state index in [1.54, 1.807) is 0 Å². The van der Waals surface area contributed by atoms with Crippen LogP contribution in [0.5, 0.6) is 11.5 Å². The highest BCUT2D eigenvalue weighted by Crippen LogP contribution is 2.38. The number of benzene rings is 2. The summed E-state index contributed by atoms with van der Waals surface area (Å²) in [5.74, 6) is -11.8. The Morgan fingerprint density at radius 3 is 1.49 bits per heavy atom. The lowest BCUT2D eigenvalue weighted by Gasteiger charge is -2.20. The van der Waals surface area contributed by atoms with Crippen molar-refractivity contribution in [2.24, 2.45) is 0 Å². The maximum atomic E-state index is 14.2. The number of alkyl halides is 7. The van der Waals surface area contributed by atoms with Crippen LogP contribution in [0, 0.1) is 30.2 Å². The molecule has 0 radical (unpaired) electrons. The van der Waals surface area contributed by atoms with Gasteiger partial charge < -0.3 is 9.47 Å². The number of hydrogen-bond acceptors (Lipinski definition) is 4. The first kappa shape index (κ1) is 26.0. The molecular weight excluding hydrogens is 509 g/mol. The Balaban J connectivity index is 1.82. The number of rotatable bonds is 6. The average molecular weight is 518 g/mol. The Labute approximate surface area is 187 Å². The highest BCUT2D eigenvalue weighted by atomic mass is 19.4. The van der Waals surface area contributed by atoms with Gasteiger partial charge >= 0.3 is 18.4 Å². The molecule has 0 amide bonds. The van der Waals surface area contributed by atoms with Gasteiger partial charge in [0.05, 0.1) is 12.4 Å². The van der Waals surface area contributed by atoms with E-state index in [2.05, 4.69) is 19.4 Å². The Hall–Kier alpha value is -3.65. The van der Waals surface area contributed by atoms with E-state index >= 15 is 0 Å². The lowest BCUT2D eigenvalue weighted by Crippen LogP contribution is -2.27. The molecule has 3 aromatic rings. The zero-order valence-electron chi connectivity index (χ0n) is 16.8. The molecule has 35 heavy (non-hydrogen) atoms. The first-order chi connectivity index (χ1) is 16.0. The molecule has 0 saturated carbocycles. The van der Waals surface area contributed by atoms with Crippen molar-refractivity contribution in [3.8, 4) is 11.5 Å². The van der Waals surface area contributed by atoms with Crippen molar-refractivity contribution in [2.75, 3.05) is 0 Å². The van der Waals surface area contributed by atoms with Gasteiger partial charge in [-0.2, -0.15) is 30.7 Å². The van der Waals surface area contributed by atoms with E-state index < -0.39 is 70.1 Å². The summed E-state index contributed by atoms with van der Waals surface area (Å²) in [5.41, 5.74) is -4.12. The number of ether oxygens (including phenoxy) is 2. The van der Waals surface area contributed by atoms with Crippen LogP contribution in [0.25, 0.3) is 0 Å². The minimum absolute atomic E-state index is 0.0118. The van der Waals surface area contributed by atoms with Crippen LogP contribution >= 0.6 is 0 Å². The molecule has 15 heteroatoms. The van der Waals surface area contributed by atoms with Crippen LogP contribution in [0.3, 0.4) is 0 Å². The minimum atomic E-state index is -5.46. The highest BCUT2D eigenvalue weighted by molar-refractivity contribution is 5.33. The zero-order valence-corrected chi connectivity index (χ0v) is 16.8. The molecule has 1 aromatic heterocycles. The third-order valence-electron chi connectivity index (χ3n) is 4.16. The van der Waals surface area contributed by atoms with E-state index in [1.807, 2.05) is 0 Å². The van der Waals surface area contributed by atoms with Gasteiger partial charge in [-0.15, -0.1) is 0 Å². The molecule has 188 valence electrons. The van der Waals surface area contributed by atoms with Crippen molar-refractivity contribution < 1.29 is 57.8 Å². The Kier molecular flexibility index (Phi) is 6.57. The standard InChI is InChI=1S/C20H9F11N2O2/c1-8-2-11(21)16(12(22)3-8)19(28,29)35-10-6-32-17(33-7-10)20(30,31)34-9-4-13(23)15(14(24)5-9)18(25,26)27/h2-7H,1H3. The van der Waals surface area contributed by atoms with Gasteiger partial charge in [0.25, 0.3) is 0 Å². The van der Waals surface area contributed by atoms with Gasteiger partial charge in [-0.3, -0.25) is 0 Å². The summed E-state index contributed by atoms with van der Waals surface area (Å²) in [6.45, 7) is 1.23. The maximum Gasteiger partial charge on any atom is 0.462 e. The van der Waals surface area contributed by atoms with E-state index in [0.29, 0.717) is 12.1 Å². The maximum absolute atomic E-state index is 14.2. The molecule has 0 unspecified atom stereocenters. The Morgan fingerprint density at radius 1 is 0.600 bits per heavy atom. The highest BCUT2D eigenvalue weighted by Gasteiger charge is 2.43. The summed E-state index contributed by atoms with van der Waals surface area (Å²) < 4.78 is 157. The van der Waals surface area contributed by atoms with Crippen LogP contribution in [-0.4, -0.2) is 9.97 Å². The molecule has 2 aromatic carbocycles. The normalized spacial score (nSPS) is 12.6. The van der Waals surface area contributed by atoms with E-state index in [4.69, 9.17) is 0 Å². The van der Waals surface area contributed by atoms with Crippen molar-refractivity contribution >= 4 is 0 Å². The lowest BCUT2D eigenvalue weighted by atomic mass is 10.1. The molecule has 0 aliphatic rings. The predicted octanol–water partition coefficient (Wildman–Crippen LogP) is 6.62. The number of aryl methyl sites for hydroxylation is 1. The molecule has 0 spiro atoms. The number of nitrogens with zero attached hydrogens (tertiary/aromatic N) is 2. The van der Waals surface area contributed by atoms with Crippen LogP contribution in [0.15, 0.2) is 36.7 Å². The minimum Gasteiger partial charge on any atom is -0.426 e. The van der Waals surface area contributed by atoms with Crippen LogP contribution in [0.1, 0.15) is 22.5 Å². The molecule has 0 bridgehead atoms. The molecule has 4 nitrogen and oxygen atoms in total. The summed E-state index contributed by atoms with van der Waals surface area (Å²) in [6.07, 6.45) is -14.2. The fourth-order valence-corrected chi connectivity index (χ4v) is 2.77. The molecule has 0 aliphatic carbocycles. The van der Waals surface area contributed by atoms with E-state index in [-0.39, 0.29) is 30.1 Å². The quantitative estimate of drug-likeness (QED) is 0.345. The zero-order chi connectivity index (χ0) is 26.3. The van der Waals surface area contributed by atoms with Gasteiger partial charge in [-0.05, 0) is 24.6 Å². The summed E-state index contributed by atoms with van der Waals surface area (Å²) in [7, 11) is 0. The van der Waals surface area contributed by atoms with Crippen LogP contribution in [-0.2, 0) is 18.4 Å². The van der Waals surface area contributed by atoms with Gasteiger partial charge in [-0.1, -0.05) is 0 Å². The van der Waals surface area contributed by atoms with E-state index in [1.165, 1.54) is 6.92 Å². The molecule has 0 saturated heterocycles. The van der Waals surface area contributed by atoms with Crippen molar-refractivity contribution in [1.82, 2.24) is 9.97 Å². The summed E-state index contributed by atoms with van der Waals surface area (Å²) in [4.78, 5) is 5.97. The van der Waals surface area contributed by atoms with Crippen LogP contribution in [0.4, 0.5) is 48.3 Å². The summed E-state index contributed by atoms with van der Waals surface area (Å²) >= 11 is 0. The van der Waals surface area contributed by atoms with Crippen molar-refractivity contribution in [1.29, 1.82) is 0 Å². The van der Waals surface area contributed by atoms with Crippen LogP contribution in [0.2, 0.25) is 0 Å². The van der Waals surface area contributed by atoms with Crippen molar-refractivity contribution in [3.05, 3.63) is 82.4 Å². The topological polar surface area (TPSA) is 44.2 Å².